The van der Waals surface area contributed by atoms with Crippen LogP contribution in [0.4, 0.5) is 0 Å². The maximum Gasteiger partial charge on any atom is 0.122 e. The zero-order valence-electron chi connectivity index (χ0n) is 13.5. The third-order valence-corrected chi connectivity index (χ3v) is 4.30. The van der Waals surface area contributed by atoms with Crippen LogP contribution in [-0.4, -0.2) is 24.0 Å². The Morgan fingerprint density at radius 3 is 2.90 bits per heavy atom. The lowest BCUT2D eigenvalue weighted by atomic mass is 9.94. The van der Waals surface area contributed by atoms with Crippen LogP contribution < -0.4 is 5.32 Å². The minimum absolute atomic E-state index is 0.677. The van der Waals surface area contributed by atoms with Crippen molar-refractivity contribution in [3.05, 3.63) is 23.7 Å². The SMILES string of the molecule is CC(C)CNCc1occc1CN1CC(C)CCC1C. The van der Waals surface area contributed by atoms with Crippen LogP contribution in [0.1, 0.15) is 51.9 Å². The van der Waals surface area contributed by atoms with Crippen molar-refractivity contribution >= 4 is 0 Å². The van der Waals surface area contributed by atoms with Crippen LogP contribution in [0.5, 0.6) is 0 Å². The number of hydrogen-bond acceptors (Lipinski definition) is 3. The molecule has 1 aromatic rings. The fourth-order valence-electron chi connectivity index (χ4n) is 2.96. The summed E-state index contributed by atoms with van der Waals surface area (Å²) in [4.78, 5) is 2.60. The molecule has 20 heavy (non-hydrogen) atoms. The molecule has 0 saturated carbocycles. The minimum Gasteiger partial charge on any atom is -0.468 e. The second kappa shape index (κ2) is 7.28. The smallest absolute Gasteiger partial charge is 0.122 e. The van der Waals surface area contributed by atoms with Gasteiger partial charge in [0.25, 0.3) is 0 Å². The summed E-state index contributed by atoms with van der Waals surface area (Å²) in [6, 6.07) is 2.83. The van der Waals surface area contributed by atoms with Crippen LogP contribution >= 0.6 is 0 Å². The molecule has 0 amide bonds. The highest BCUT2D eigenvalue weighted by molar-refractivity contribution is 5.17. The largest absolute Gasteiger partial charge is 0.468 e. The molecule has 2 heterocycles. The molecular weight excluding hydrogens is 248 g/mol. The zero-order valence-corrected chi connectivity index (χ0v) is 13.5. The summed E-state index contributed by atoms with van der Waals surface area (Å²) >= 11 is 0. The van der Waals surface area contributed by atoms with E-state index >= 15 is 0 Å². The number of furan rings is 1. The lowest BCUT2D eigenvalue weighted by molar-refractivity contribution is 0.116. The zero-order chi connectivity index (χ0) is 14.5. The van der Waals surface area contributed by atoms with Gasteiger partial charge in [-0.25, -0.2) is 0 Å². The third kappa shape index (κ3) is 4.35. The number of nitrogens with zero attached hydrogens (tertiary/aromatic N) is 1. The predicted octanol–water partition coefficient (Wildman–Crippen LogP) is 3.65. The Balaban J connectivity index is 1.90. The van der Waals surface area contributed by atoms with Gasteiger partial charge in [-0.2, -0.15) is 0 Å². The maximum atomic E-state index is 5.66. The van der Waals surface area contributed by atoms with E-state index in [1.807, 2.05) is 6.26 Å². The molecule has 114 valence electrons. The van der Waals surface area contributed by atoms with E-state index in [1.165, 1.54) is 24.9 Å². The molecule has 1 aliphatic rings. The fourth-order valence-corrected chi connectivity index (χ4v) is 2.96. The molecular formula is C17H30N2O. The molecule has 0 spiro atoms. The van der Waals surface area contributed by atoms with E-state index in [0.717, 1.165) is 31.3 Å². The summed E-state index contributed by atoms with van der Waals surface area (Å²) in [6.07, 6.45) is 4.52. The van der Waals surface area contributed by atoms with E-state index in [9.17, 15) is 0 Å². The Morgan fingerprint density at radius 1 is 1.35 bits per heavy atom. The number of hydrogen-bond donors (Lipinski definition) is 1. The standard InChI is InChI=1S/C17H30N2O/c1-13(2)9-18-10-17-16(7-8-20-17)12-19-11-14(3)5-6-15(19)4/h7-8,13-15,18H,5-6,9-12H2,1-4H3. The van der Waals surface area contributed by atoms with Crippen molar-refractivity contribution in [2.45, 2.75) is 59.7 Å². The Bertz CT molecular complexity index is 399. The summed E-state index contributed by atoms with van der Waals surface area (Å²) in [6.45, 7) is 13.3. The van der Waals surface area contributed by atoms with Gasteiger partial charge in [0.05, 0.1) is 12.8 Å². The van der Waals surface area contributed by atoms with Crippen molar-refractivity contribution < 1.29 is 4.42 Å². The molecule has 3 nitrogen and oxygen atoms in total. The van der Waals surface area contributed by atoms with E-state index in [0.29, 0.717) is 12.0 Å². The highest BCUT2D eigenvalue weighted by Gasteiger charge is 2.23. The number of nitrogens with one attached hydrogen (secondary N) is 1. The van der Waals surface area contributed by atoms with Gasteiger partial charge in [0.15, 0.2) is 0 Å². The van der Waals surface area contributed by atoms with Crippen molar-refractivity contribution in [1.82, 2.24) is 10.2 Å². The molecule has 1 N–H and O–H groups in total. The van der Waals surface area contributed by atoms with Crippen LogP contribution in [0.2, 0.25) is 0 Å². The average Bonchev–Trinajstić information content (AvgIpc) is 2.81. The number of rotatable bonds is 6. The quantitative estimate of drug-likeness (QED) is 0.861. The van der Waals surface area contributed by atoms with Crippen molar-refractivity contribution in [2.24, 2.45) is 11.8 Å². The molecule has 0 aromatic carbocycles. The number of likely N-dealkylation sites (tertiary alicyclic amines) is 1. The van der Waals surface area contributed by atoms with Crippen LogP contribution in [-0.2, 0) is 13.1 Å². The van der Waals surface area contributed by atoms with Crippen molar-refractivity contribution in [2.75, 3.05) is 13.1 Å². The topological polar surface area (TPSA) is 28.4 Å². The normalized spacial score (nSPS) is 24.4. The van der Waals surface area contributed by atoms with Gasteiger partial charge in [-0.3, -0.25) is 4.90 Å². The van der Waals surface area contributed by atoms with E-state index in [4.69, 9.17) is 4.42 Å². The van der Waals surface area contributed by atoms with Crippen molar-refractivity contribution in [3.63, 3.8) is 0 Å². The molecule has 2 rings (SSSR count). The molecule has 2 unspecified atom stereocenters. The first-order chi connectivity index (χ1) is 9.56. The van der Waals surface area contributed by atoms with Gasteiger partial charge in [0, 0.05) is 24.7 Å². The molecule has 0 aliphatic carbocycles. The lowest BCUT2D eigenvalue weighted by Gasteiger charge is -2.36. The van der Waals surface area contributed by atoms with Gasteiger partial charge in [-0.1, -0.05) is 20.8 Å². The van der Waals surface area contributed by atoms with Crippen LogP contribution in [0.15, 0.2) is 16.7 Å². The molecule has 0 radical (unpaired) electrons. The van der Waals surface area contributed by atoms with Gasteiger partial charge >= 0.3 is 0 Å². The highest BCUT2D eigenvalue weighted by atomic mass is 16.3. The van der Waals surface area contributed by atoms with Crippen molar-refractivity contribution in [1.29, 1.82) is 0 Å². The lowest BCUT2D eigenvalue weighted by Crippen LogP contribution is -2.40. The second-order valence-electron chi connectivity index (χ2n) is 6.85. The molecule has 0 bridgehead atoms. The highest BCUT2D eigenvalue weighted by Crippen LogP contribution is 2.24. The van der Waals surface area contributed by atoms with Crippen LogP contribution in [0, 0.1) is 11.8 Å². The molecule has 2 atom stereocenters. The van der Waals surface area contributed by atoms with Crippen LogP contribution in [0.25, 0.3) is 0 Å². The van der Waals surface area contributed by atoms with Gasteiger partial charge in [-0.05, 0) is 44.2 Å². The monoisotopic (exact) mass is 278 g/mol. The predicted molar refractivity (Wildman–Crippen MR) is 83.5 cm³/mol. The fraction of sp³-hybridized carbons (Fsp3) is 0.765. The molecule has 1 saturated heterocycles. The average molecular weight is 278 g/mol. The Labute approximate surface area is 123 Å². The van der Waals surface area contributed by atoms with E-state index in [1.54, 1.807) is 0 Å². The first-order valence-corrected chi connectivity index (χ1v) is 8.06. The molecule has 1 fully saturated rings. The van der Waals surface area contributed by atoms with Gasteiger partial charge < -0.3 is 9.73 Å². The molecule has 3 heteroatoms. The summed E-state index contributed by atoms with van der Waals surface area (Å²) in [5.74, 6) is 2.60. The molecule has 1 aromatic heterocycles. The van der Waals surface area contributed by atoms with E-state index in [-0.39, 0.29) is 0 Å². The maximum absolute atomic E-state index is 5.66. The van der Waals surface area contributed by atoms with Crippen molar-refractivity contribution in [3.8, 4) is 0 Å². The molecule has 1 aliphatic heterocycles. The minimum atomic E-state index is 0.677. The van der Waals surface area contributed by atoms with E-state index in [2.05, 4.69) is 44.0 Å². The van der Waals surface area contributed by atoms with Crippen LogP contribution in [0.3, 0.4) is 0 Å². The van der Waals surface area contributed by atoms with E-state index < -0.39 is 0 Å². The number of piperidine rings is 1. The van der Waals surface area contributed by atoms with Gasteiger partial charge in [-0.15, -0.1) is 0 Å². The van der Waals surface area contributed by atoms with Gasteiger partial charge in [0.2, 0.25) is 0 Å². The first kappa shape index (κ1) is 15.6. The Hall–Kier alpha value is -0.800. The summed E-state index contributed by atoms with van der Waals surface area (Å²) in [5.41, 5.74) is 1.35. The third-order valence-electron chi connectivity index (χ3n) is 4.30. The summed E-state index contributed by atoms with van der Waals surface area (Å²) in [7, 11) is 0. The summed E-state index contributed by atoms with van der Waals surface area (Å²) < 4.78 is 5.66. The first-order valence-electron chi connectivity index (χ1n) is 8.06. The van der Waals surface area contributed by atoms with Gasteiger partial charge in [0.1, 0.15) is 5.76 Å². The Morgan fingerprint density at radius 2 is 2.15 bits per heavy atom. The Kier molecular flexibility index (Phi) is 5.67. The second-order valence-corrected chi connectivity index (χ2v) is 6.85. The summed E-state index contributed by atoms with van der Waals surface area (Å²) in [5, 5.41) is 3.47.